The molecule has 4 heteroatoms. The van der Waals surface area contributed by atoms with Crippen molar-refractivity contribution in [1.29, 1.82) is 0 Å². The number of hydrogen-bond acceptors (Lipinski definition) is 4. The summed E-state index contributed by atoms with van der Waals surface area (Å²) in [7, 11) is 0. The summed E-state index contributed by atoms with van der Waals surface area (Å²) in [5.41, 5.74) is 0.936. The summed E-state index contributed by atoms with van der Waals surface area (Å²) in [5.74, 6) is 1.44. The summed E-state index contributed by atoms with van der Waals surface area (Å²) >= 11 is 0. The molecule has 0 saturated carbocycles. The van der Waals surface area contributed by atoms with Crippen molar-refractivity contribution < 1.29 is 9.26 Å². The van der Waals surface area contributed by atoms with Crippen LogP contribution in [0, 0.1) is 5.92 Å². The first kappa shape index (κ1) is 12.2. The van der Waals surface area contributed by atoms with E-state index < -0.39 is 0 Å². The lowest BCUT2D eigenvalue weighted by molar-refractivity contribution is 0.112. The number of ether oxygens (including phenoxy) is 1. The van der Waals surface area contributed by atoms with Crippen molar-refractivity contribution in [1.82, 2.24) is 10.5 Å². The lowest BCUT2D eigenvalue weighted by atomic mass is 10.2. The standard InChI is InChI=1S/C11H20N2O2/c1-4-14-8-11-5-10(13-15-11)7-12-6-9(2)3/h5,9,12H,4,6-8H2,1-3H3. The third-order valence-electron chi connectivity index (χ3n) is 1.91. The van der Waals surface area contributed by atoms with Crippen LogP contribution in [0.4, 0.5) is 0 Å². The van der Waals surface area contributed by atoms with Gasteiger partial charge in [0.05, 0.1) is 5.69 Å². The van der Waals surface area contributed by atoms with E-state index in [4.69, 9.17) is 9.26 Å². The average molecular weight is 212 g/mol. The van der Waals surface area contributed by atoms with Gasteiger partial charge in [0.15, 0.2) is 5.76 Å². The normalized spacial score (nSPS) is 11.2. The van der Waals surface area contributed by atoms with E-state index in [-0.39, 0.29) is 0 Å². The van der Waals surface area contributed by atoms with E-state index in [1.165, 1.54) is 0 Å². The van der Waals surface area contributed by atoms with Crippen LogP contribution in [0.3, 0.4) is 0 Å². The van der Waals surface area contributed by atoms with Crippen molar-refractivity contribution in [3.05, 3.63) is 17.5 Å². The molecular weight excluding hydrogens is 192 g/mol. The van der Waals surface area contributed by atoms with Crippen LogP contribution in [0.1, 0.15) is 32.2 Å². The Morgan fingerprint density at radius 1 is 1.53 bits per heavy atom. The maximum absolute atomic E-state index is 5.22. The summed E-state index contributed by atoms with van der Waals surface area (Å²) in [5, 5.41) is 7.26. The van der Waals surface area contributed by atoms with Crippen LogP contribution in [0.25, 0.3) is 0 Å². The molecule has 0 fully saturated rings. The minimum atomic E-state index is 0.508. The Morgan fingerprint density at radius 2 is 2.33 bits per heavy atom. The van der Waals surface area contributed by atoms with Crippen molar-refractivity contribution in [3.63, 3.8) is 0 Å². The average Bonchev–Trinajstić information content (AvgIpc) is 2.62. The van der Waals surface area contributed by atoms with Gasteiger partial charge >= 0.3 is 0 Å². The largest absolute Gasteiger partial charge is 0.374 e. The van der Waals surface area contributed by atoms with Crippen molar-refractivity contribution in [3.8, 4) is 0 Å². The fourth-order valence-corrected chi connectivity index (χ4v) is 1.20. The minimum Gasteiger partial charge on any atom is -0.374 e. The molecule has 0 aliphatic heterocycles. The Labute approximate surface area is 91.0 Å². The highest BCUT2D eigenvalue weighted by Crippen LogP contribution is 2.05. The van der Waals surface area contributed by atoms with Crippen LogP contribution in [-0.4, -0.2) is 18.3 Å². The van der Waals surface area contributed by atoms with Gasteiger partial charge in [-0.2, -0.15) is 0 Å². The van der Waals surface area contributed by atoms with E-state index in [0.29, 0.717) is 19.1 Å². The van der Waals surface area contributed by atoms with Gasteiger partial charge in [-0.3, -0.25) is 0 Å². The number of hydrogen-bond donors (Lipinski definition) is 1. The van der Waals surface area contributed by atoms with Gasteiger partial charge in [0.25, 0.3) is 0 Å². The second-order valence-electron chi connectivity index (χ2n) is 3.95. The molecule has 1 heterocycles. The highest BCUT2D eigenvalue weighted by molar-refractivity contribution is 5.04. The van der Waals surface area contributed by atoms with E-state index in [0.717, 1.165) is 24.5 Å². The third kappa shape index (κ3) is 4.95. The molecule has 86 valence electrons. The predicted molar refractivity (Wildman–Crippen MR) is 58.4 cm³/mol. The fourth-order valence-electron chi connectivity index (χ4n) is 1.20. The van der Waals surface area contributed by atoms with Crippen LogP contribution >= 0.6 is 0 Å². The molecule has 0 aromatic carbocycles. The van der Waals surface area contributed by atoms with Crippen LogP contribution in [0.5, 0.6) is 0 Å². The van der Waals surface area contributed by atoms with Gasteiger partial charge in [0.1, 0.15) is 6.61 Å². The Kier molecular flexibility index (Phi) is 5.36. The number of rotatable bonds is 7. The molecule has 0 amide bonds. The molecule has 0 spiro atoms. The summed E-state index contributed by atoms with van der Waals surface area (Å²) < 4.78 is 10.3. The maximum atomic E-state index is 5.22. The molecule has 4 nitrogen and oxygen atoms in total. The topological polar surface area (TPSA) is 47.3 Å². The molecule has 0 aliphatic carbocycles. The van der Waals surface area contributed by atoms with Gasteiger partial charge in [0.2, 0.25) is 0 Å². The van der Waals surface area contributed by atoms with E-state index in [9.17, 15) is 0 Å². The van der Waals surface area contributed by atoms with E-state index in [1.54, 1.807) is 0 Å². The fraction of sp³-hybridized carbons (Fsp3) is 0.727. The number of aromatic nitrogens is 1. The SMILES string of the molecule is CCOCc1cc(CNCC(C)C)no1. The summed E-state index contributed by atoms with van der Waals surface area (Å²) in [4.78, 5) is 0. The zero-order valence-corrected chi connectivity index (χ0v) is 9.75. The molecule has 0 unspecified atom stereocenters. The monoisotopic (exact) mass is 212 g/mol. The molecule has 0 bridgehead atoms. The first-order chi connectivity index (χ1) is 7.22. The summed E-state index contributed by atoms with van der Waals surface area (Å²) in [6.07, 6.45) is 0. The van der Waals surface area contributed by atoms with E-state index in [2.05, 4.69) is 24.3 Å². The summed E-state index contributed by atoms with van der Waals surface area (Å²) in [6.45, 7) is 9.27. The van der Waals surface area contributed by atoms with Crippen LogP contribution < -0.4 is 5.32 Å². The Bertz CT molecular complexity index is 271. The van der Waals surface area contributed by atoms with Crippen LogP contribution in [-0.2, 0) is 17.9 Å². The first-order valence-corrected chi connectivity index (χ1v) is 5.45. The van der Waals surface area contributed by atoms with Gasteiger partial charge in [-0.25, -0.2) is 0 Å². The number of nitrogens with one attached hydrogen (secondary N) is 1. The van der Waals surface area contributed by atoms with Crippen molar-refractivity contribution in [2.75, 3.05) is 13.2 Å². The molecule has 0 saturated heterocycles. The molecule has 0 radical (unpaired) electrons. The molecule has 1 rings (SSSR count). The molecular formula is C11H20N2O2. The van der Waals surface area contributed by atoms with Gasteiger partial charge < -0.3 is 14.6 Å². The maximum Gasteiger partial charge on any atom is 0.162 e. The first-order valence-electron chi connectivity index (χ1n) is 5.45. The minimum absolute atomic E-state index is 0.508. The Balaban J connectivity index is 2.26. The van der Waals surface area contributed by atoms with Crippen molar-refractivity contribution in [2.45, 2.75) is 33.9 Å². The van der Waals surface area contributed by atoms with Gasteiger partial charge in [-0.1, -0.05) is 19.0 Å². The number of nitrogens with zero attached hydrogens (tertiary/aromatic N) is 1. The lowest BCUT2D eigenvalue weighted by Gasteiger charge is -2.04. The second kappa shape index (κ2) is 6.58. The van der Waals surface area contributed by atoms with E-state index >= 15 is 0 Å². The van der Waals surface area contributed by atoms with Gasteiger partial charge in [0, 0.05) is 19.2 Å². The summed E-state index contributed by atoms with van der Waals surface area (Å²) in [6, 6.07) is 1.93. The Hall–Kier alpha value is -0.870. The van der Waals surface area contributed by atoms with Crippen LogP contribution in [0.15, 0.2) is 10.6 Å². The molecule has 0 atom stereocenters. The second-order valence-corrected chi connectivity index (χ2v) is 3.95. The highest BCUT2D eigenvalue weighted by Gasteiger charge is 2.03. The quantitative estimate of drug-likeness (QED) is 0.750. The smallest absolute Gasteiger partial charge is 0.162 e. The zero-order chi connectivity index (χ0) is 11.1. The molecule has 1 aromatic rings. The van der Waals surface area contributed by atoms with E-state index in [1.807, 2.05) is 13.0 Å². The van der Waals surface area contributed by atoms with Crippen molar-refractivity contribution in [2.24, 2.45) is 5.92 Å². The zero-order valence-electron chi connectivity index (χ0n) is 9.75. The molecule has 1 N–H and O–H groups in total. The molecule has 15 heavy (non-hydrogen) atoms. The van der Waals surface area contributed by atoms with Gasteiger partial charge in [-0.15, -0.1) is 0 Å². The Morgan fingerprint density at radius 3 is 3.00 bits per heavy atom. The van der Waals surface area contributed by atoms with Gasteiger partial charge in [-0.05, 0) is 19.4 Å². The molecule has 1 aromatic heterocycles. The molecule has 0 aliphatic rings. The van der Waals surface area contributed by atoms with Crippen LogP contribution in [0.2, 0.25) is 0 Å². The predicted octanol–water partition coefficient (Wildman–Crippen LogP) is 1.96. The highest BCUT2D eigenvalue weighted by atomic mass is 16.5. The van der Waals surface area contributed by atoms with Crippen molar-refractivity contribution >= 4 is 0 Å². The lowest BCUT2D eigenvalue weighted by Crippen LogP contribution is -2.19. The third-order valence-corrected chi connectivity index (χ3v) is 1.91.